The predicted molar refractivity (Wildman–Crippen MR) is 66.5 cm³/mol. The second-order valence-electron chi connectivity index (χ2n) is 3.48. The number of hydrogen-bond donors (Lipinski definition) is 1. The Hall–Kier alpha value is -2.60. The van der Waals surface area contributed by atoms with Crippen LogP contribution in [0.2, 0.25) is 0 Å². The summed E-state index contributed by atoms with van der Waals surface area (Å²) in [7, 11) is 0. The highest BCUT2D eigenvalue weighted by atomic mass is 16.3. The minimum Gasteiger partial charge on any atom is -0.507 e. The molecule has 0 aliphatic heterocycles. The summed E-state index contributed by atoms with van der Waals surface area (Å²) in [4.78, 5) is 4.22. The minimum absolute atomic E-state index is 0.0590. The van der Waals surface area contributed by atoms with Crippen molar-refractivity contribution >= 4 is 11.9 Å². The molecule has 3 heteroatoms. The van der Waals surface area contributed by atoms with Crippen LogP contribution in [0.5, 0.6) is 5.75 Å². The van der Waals surface area contributed by atoms with E-state index in [0.717, 1.165) is 5.69 Å². The molecule has 2 aromatic rings. The summed E-state index contributed by atoms with van der Waals surface area (Å²) in [5.74, 6) is 0.0590. The van der Waals surface area contributed by atoms with Crippen LogP contribution in [0, 0.1) is 11.3 Å². The quantitative estimate of drug-likeness (QED) is 0.794. The van der Waals surface area contributed by atoms with Gasteiger partial charge in [-0.25, -0.2) is 0 Å². The zero-order valence-corrected chi connectivity index (χ0v) is 9.04. The van der Waals surface area contributed by atoms with Crippen LogP contribution in [-0.2, 0) is 0 Å². The molecule has 17 heavy (non-hydrogen) atoms. The van der Waals surface area contributed by atoms with Gasteiger partial charge in [0.2, 0.25) is 0 Å². The zero-order valence-electron chi connectivity index (χ0n) is 9.04. The van der Waals surface area contributed by atoms with Crippen molar-refractivity contribution in [1.29, 1.82) is 5.26 Å². The number of aliphatic imine (C=N–C) groups is 1. The highest BCUT2D eigenvalue weighted by Gasteiger charge is 1.99. The summed E-state index contributed by atoms with van der Waals surface area (Å²) in [6, 6.07) is 16.1. The van der Waals surface area contributed by atoms with Gasteiger partial charge in [0.25, 0.3) is 0 Å². The van der Waals surface area contributed by atoms with Gasteiger partial charge in [0.15, 0.2) is 0 Å². The first kappa shape index (κ1) is 10.9. The monoisotopic (exact) mass is 222 g/mol. The summed E-state index contributed by atoms with van der Waals surface area (Å²) in [5, 5.41) is 18.3. The van der Waals surface area contributed by atoms with Crippen molar-refractivity contribution in [2.24, 2.45) is 4.99 Å². The fraction of sp³-hybridized carbons (Fsp3) is 0. The first-order valence-electron chi connectivity index (χ1n) is 5.12. The average molecular weight is 222 g/mol. The summed E-state index contributed by atoms with van der Waals surface area (Å²) in [6.07, 6.45) is 1.58. The SMILES string of the molecule is N#Cc1ccc(C=Nc2ccccc2)c(O)c1. The van der Waals surface area contributed by atoms with Gasteiger partial charge in [0.1, 0.15) is 5.75 Å². The second kappa shape index (κ2) is 4.95. The molecule has 0 heterocycles. The lowest BCUT2D eigenvalue weighted by Gasteiger charge is -1.98. The molecular formula is C14H10N2O. The number of benzene rings is 2. The van der Waals surface area contributed by atoms with Crippen LogP contribution in [0.25, 0.3) is 0 Å². The molecule has 0 radical (unpaired) electrons. The van der Waals surface area contributed by atoms with Gasteiger partial charge in [-0.05, 0) is 30.3 Å². The van der Waals surface area contributed by atoms with Gasteiger partial charge in [-0.1, -0.05) is 18.2 Å². The maximum absolute atomic E-state index is 9.66. The molecule has 0 saturated carbocycles. The van der Waals surface area contributed by atoms with E-state index in [2.05, 4.69) is 4.99 Å². The average Bonchev–Trinajstić information content (AvgIpc) is 2.38. The zero-order chi connectivity index (χ0) is 12.1. The Morgan fingerprint density at radius 2 is 1.88 bits per heavy atom. The van der Waals surface area contributed by atoms with Gasteiger partial charge in [-0.2, -0.15) is 5.26 Å². The Morgan fingerprint density at radius 3 is 2.53 bits per heavy atom. The fourth-order valence-electron chi connectivity index (χ4n) is 1.38. The number of aromatic hydroxyl groups is 1. The largest absolute Gasteiger partial charge is 0.507 e. The number of para-hydroxylation sites is 1. The van der Waals surface area contributed by atoms with E-state index in [0.29, 0.717) is 11.1 Å². The maximum Gasteiger partial charge on any atom is 0.125 e. The van der Waals surface area contributed by atoms with Crippen LogP contribution in [0.3, 0.4) is 0 Å². The maximum atomic E-state index is 9.66. The second-order valence-corrected chi connectivity index (χ2v) is 3.48. The normalized spacial score (nSPS) is 10.3. The van der Waals surface area contributed by atoms with Crippen molar-refractivity contribution in [3.63, 3.8) is 0 Å². The highest BCUT2D eigenvalue weighted by molar-refractivity contribution is 5.85. The Kier molecular flexibility index (Phi) is 3.18. The first-order chi connectivity index (χ1) is 8.29. The van der Waals surface area contributed by atoms with Crippen molar-refractivity contribution in [3.8, 4) is 11.8 Å². The Bertz CT molecular complexity index is 583. The topological polar surface area (TPSA) is 56.4 Å². The van der Waals surface area contributed by atoms with E-state index in [4.69, 9.17) is 5.26 Å². The molecule has 1 N–H and O–H groups in total. The number of nitriles is 1. The Labute approximate surface area is 99.3 Å². The molecule has 0 aliphatic carbocycles. The van der Waals surface area contributed by atoms with Gasteiger partial charge >= 0.3 is 0 Å². The van der Waals surface area contributed by atoms with Crippen molar-refractivity contribution in [1.82, 2.24) is 0 Å². The van der Waals surface area contributed by atoms with Crippen LogP contribution in [0.4, 0.5) is 5.69 Å². The van der Waals surface area contributed by atoms with Crippen LogP contribution in [0.15, 0.2) is 53.5 Å². The molecule has 0 aliphatic rings. The molecule has 0 fully saturated rings. The molecule has 2 aromatic carbocycles. The van der Waals surface area contributed by atoms with Crippen LogP contribution in [-0.4, -0.2) is 11.3 Å². The number of phenolic OH excluding ortho intramolecular Hbond substituents is 1. The van der Waals surface area contributed by atoms with E-state index < -0.39 is 0 Å². The summed E-state index contributed by atoms with van der Waals surface area (Å²) < 4.78 is 0. The molecule has 0 atom stereocenters. The molecule has 0 bridgehead atoms. The van der Waals surface area contributed by atoms with Crippen LogP contribution in [0.1, 0.15) is 11.1 Å². The van der Waals surface area contributed by atoms with E-state index in [1.165, 1.54) is 6.07 Å². The van der Waals surface area contributed by atoms with Crippen molar-refractivity contribution in [3.05, 3.63) is 59.7 Å². The highest BCUT2D eigenvalue weighted by Crippen LogP contribution is 2.18. The van der Waals surface area contributed by atoms with Gasteiger partial charge in [-0.3, -0.25) is 4.99 Å². The number of hydrogen-bond acceptors (Lipinski definition) is 3. The van der Waals surface area contributed by atoms with Gasteiger partial charge in [0.05, 0.1) is 17.3 Å². The summed E-state index contributed by atoms with van der Waals surface area (Å²) in [6.45, 7) is 0. The molecule has 2 rings (SSSR count). The predicted octanol–water partition coefficient (Wildman–Crippen LogP) is 3.01. The third-order valence-corrected chi connectivity index (χ3v) is 2.27. The third-order valence-electron chi connectivity index (χ3n) is 2.27. The number of nitrogens with zero attached hydrogens (tertiary/aromatic N) is 2. The van der Waals surface area contributed by atoms with Gasteiger partial charge in [0, 0.05) is 11.8 Å². The number of rotatable bonds is 2. The van der Waals surface area contributed by atoms with E-state index in [-0.39, 0.29) is 5.75 Å². The Balaban J connectivity index is 2.26. The number of phenols is 1. The van der Waals surface area contributed by atoms with Crippen LogP contribution < -0.4 is 0 Å². The molecule has 0 aromatic heterocycles. The van der Waals surface area contributed by atoms with Crippen molar-refractivity contribution in [2.75, 3.05) is 0 Å². The van der Waals surface area contributed by atoms with E-state index >= 15 is 0 Å². The smallest absolute Gasteiger partial charge is 0.125 e. The lowest BCUT2D eigenvalue weighted by molar-refractivity contribution is 0.474. The molecule has 0 unspecified atom stereocenters. The lowest BCUT2D eigenvalue weighted by Crippen LogP contribution is -1.83. The fourth-order valence-corrected chi connectivity index (χ4v) is 1.38. The van der Waals surface area contributed by atoms with E-state index in [1.807, 2.05) is 36.4 Å². The molecule has 3 nitrogen and oxygen atoms in total. The van der Waals surface area contributed by atoms with Crippen molar-refractivity contribution < 1.29 is 5.11 Å². The standard InChI is InChI=1S/C14H10N2O/c15-9-11-6-7-12(14(17)8-11)10-16-13-4-2-1-3-5-13/h1-8,10,17H. The summed E-state index contributed by atoms with van der Waals surface area (Å²) in [5.41, 5.74) is 1.84. The lowest BCUT2D eigenvalue weighted by atomic mass is 10.1. The van der Waals surface area contributed by atoms with Gasteiger partial charge in [-0.15, -0.1) is 0 Å². The minimum atomic E-state index is 0.0590. The van der Waals surface area contributed by atoms with E-state index in [9.17, 15) is 5.11 Å². The van der Waals surface area contributed by atoms with Crippen molar-refractivity contribution in [2.45, 2.75) is 0 Å². The first-order valence-corrected chi connectivity index (χ1v) is 5.12. The third kappa shape index (κ3) is 2.70. The molecule has 0 amide bonds. The Morgan fingerprint density at radius 1 is 1.12 bits per heavy atom. The molecular weight excluding hydrogens is 212 g/mol. The molecule has 82 valence electrons. The van der Waals surface area contributed by atoms with Gasteiger partial charge < -0.3 is 5.11 Å². The van der Waals surface area contributed by atoms with E-state index in [1.54, 1.807) is 18.3 Å². The summed E-state index contributed by atoms with van der Waals surface area (Å²) >= 11 is 0. The van der Waals surface area contributed by atoms with Crippen LogP contribution >= 0.6 is 0 Å². The molecule has 0 saturated heterocycles. The molecule has 0 spiro atoms.